The van der Waals surface area contributed by atoms with Gasteiger partial charge in [-0.05, 0) is 36.4 Å². The number of hydrogen-bond acceptors (Lipinski definition) is 2. The van der Waals surface area contributed by atoms with E-state index in [-0.39, 0.29) is 18.4 Å². The number of carbonyl (C=O) groups excluding carboxylic acids is 2. The van der Waals surface area contributed by atoms with Crippen LogP contribution in [0.5, 0.6) is 0 Å². The Morgan fingerprint density at radius 3 is 2.75 bits per heavy atom. The van der Waals surface area contributed by atoms with Gasteiger partial charge in [-0.25, -0.2) is 9.18 Å². The second-order valence-electron chi connectivity index (χ2n) is 5.49. The summed E-state index contributed by atoms with van der Waals surface area (Å²) in [5, 5.41) is 5.92. The van der Waals surface area contributed by atoms with Gasteiger partial charge in [0.15, 0.2) is 0 Å². The first-order valence-corrected chi connectivity index (χ1v) is 7.78. The van der Waals surface area contributed by atoms with Crippen LogP contribution in [0.15, 0.2) is 48.5 Å². The Balaban J connectivity index is 1.61. The molecule has 0 aromatic heterocycles. The molecule has 124 valence electrons. The van der Waals surface area contributed by atoms with Crippen molar-refractivity contribution in [2.24, 2.45) is 0 Å². The zero-order valence-electron chi connectivity index (χ0n) is 12.6. The quantitative estimate of drug-likeness (QED) is 0.893. The minimum Gasteiger partial charge on any atom is -0.333 e. The van der Waals surface area contributed by atoms with Gasteiger partial charge < -0.3 is 15.5 Å². The molecule has 2 aromatic carbocycles. The van der Waals surface area contributed by atoms with Crippen LogP contribution in [-0.4, -0.2) is 24.5 Å². The van der Waals surface area contributed by atoms with Gasteiger partial charge in [0.05, 0.1) is 6.04 Å². The molecule has 5 nitrogen and oxygen atoms in total. The van der Waals surface area contributed by atoms with Crippen molar-refractivity contribution in [3.8, 4) is 0 Å². The van der Waals surface area contributed by atoms with E-state index in [2.05, 4.69) is 10.6 Å². The highest BCUT2D eigenvalue weighted by Crippen LogP contribution is 2.22. The maximum atomic E-state index is 13.3. The fraction of sp³-hybridized carbons (Fsp3) is 0.176. The predicted octanol–water partition coefficient (Wildman–Crippen LogP) is 3.41. The van der Waals surface area contributed by atoms with Gasteiger partial charge in [-0.2, -0.15) is 0 Å². The molecule has 3 amide bonds. The SMILES string of the molecule is O=C(Nc1cccc(Cl)c1)NC1CC(=O)N(c2cccc(F)c2)C1. The third-order valence-corrected chi connectivity index (χ3v) is 3.90. The van der Waals surface area contributed by atoms with E-state index in [0.717, 1.165) is 0 Å². The van der Waals surface area contributed by atoms with Crippen LogP contribution in [0.4, 0.5) is 20.6 Å². The first-order chi connectivity index (χ1) is 11.5. The molecule has 3 rings (SSSR count). The van der Waals surface area contributed by atoms with Crippen LogP contribution >= 0.6 is 11.6 Å². The van der Waals surface area contributed by atoms with Crippen molar-refractivity contribution >= 4 is 34.9 Å². The summed E-state index contributed by atoms with van der Waals surface area (Å²) in [6.07, 6.45) is 0.166. The molecule has 0 bridgehead atoms. The van der Waals surface area contributed by atoms with Gasteiger partial charge in [0.25, 0.3) is 0 Å². The van der Waals surface area contributed by atoms with Crippen molar-refractivity contribution in [2.75, 3.05) is 16.8 Å². The largest absolute Gasteiger partial charge is 0.333 e. The van der Waals surface area contributed by atoms with E-state index >= 15 is 0 Å². The minimum absolute atomic E-state index is 0.159. The number of anilines is 2. The number of benzene rings is 2. The van der Waals surface area contributed by atoms with Crippen LogP contribution in [0.3, 0.4) is 0 Å². The first kappa shape index (κ1) is 16.3. The van der Waals surface area contributed by atoms with Crippen LogP contribution in [0.25, 0.3) is 0 Å². The van der Waals surface area contributed by atoms with E-state index < -0.39 is 11.8 Å². The lowest BCUT2D eigenvalue weighted by molar-refractivity contribution is -0.117. The Morgan fingerprint density at radius 2 is 2.00 bits per heavy atom. The molecule has 1 saturated heterocycles. The van der Waals surface area contributed by atoms with Gasteiger partial charge in [-0.1, -0.05) is 23.7 Å². The van der Waals surface area contributed by atoms with Crippen LogP contribution < -0.4 is 15.5 Å². The lowest BCUT2D eigenvalue weighted by Crippen LogP contribution is -2.39. The van der Waals surface area contributed by atoms with Gasteiger partial charge in [0.1, 0.15) is 5.82 Å². The Labute approximate surface area is 143 Å². The smallest absolute Gasteiger partial charge is 0.319 e. The summed E-state index contributed by atoms with van der Waals surface area (Å²) in [6, 6.07) is 11.8. The second-order valence-corrected chi connectivity index (χ2v) is 5.93. The highest BCUT2D eigenvalue weighted by molar-refractivity contribution is 6.30. The number of halogens is 2. The summed E-state index contributed by atoms with van der Waals surface area (Å²) >= 11 is 5.86. The number of nitrogens with one attached hydrogen (secondary N) is 2. The third kappa shape index (κ3) is 3.83. The standard InChI is InChI=1S/C17H15ClFN3O2/c18-11-3-1-5-13(7-11)20-17(24)21-14-9-16(23)22(10-14)15-6-2-4-12(19)8-15/h1-8,14H,9-10H2,(H2,20,21,24). The monoisotopic (exact) mass is 347 g/mol. The highest BCUT2D eigenvalue weighted by atomic mass is 35.5. The van der Waals surface area contributed by atoms with E-state index in [1.54, 1.807) is 36.4 Å². The van der Waals surface area contributed by atoms with Crippen molar-refractivity contribution in [3.05, 3.63) is 59.4 Å². The number of hydrogen-bond donors (Lipinski definition) is 2. The highest BCUT2D eigenvalue weighted by Gasteiger charge is 2.31. The van der Waals surface area contributed by atoms with E-state index in [4.69, 9.17) is 11.6 Å². The summed E-state index contributed by atoms with van der Waals surface area (Å²) in [4.78, 5) is 25.6. The average Bonchev–Trinajstić information content (AvgIpc) is 2.87. The molecule has 24 heavy (non-hydrogen) atoms. The molecule has 0 aliphatic carbocycles. The minimum atomic E-state index is -0.420. The maximum absolute atomic E-state index is 13.3. The molecule has 2 N–H and O–H groups in total. The molecule has 1 fully saturated rings. The van der Waals surface area contributed by atoms with Crippen molar-refractivity contribution in [3.63, 3.8) is 0 Å². The van der Waals surface area contributed by atoms with Gasteiger partial charge in [-0.15, -0.1) is 0 Å². The molecule has 1 atom stereocenters. The van der Waals surface area contributed by atoms with Gasteiger partial charge in [0.2, 0.25) is 5.91 Å². The molecule has 1 aliphatic heterocycles. The Hall–Kier alpha value is -2.60. The molecular formula is C17H15ClFN3O2. The zero-order chi connectivity index (χ0) is 17.1. The second kappa shape index (κ2) is 6.88. The van der Waals surface area contributed by atoms with Crippen molar-refractivity contribution in [1.29, 1.82) is 0 Å². The molecule has 2 aromatic rings. The Kier molecular flexibility index (Phi) is 4.66. The third-order valence-electron chi connectivity index (χ3n) is 3.66. The number of nitrogens with zero attached hydrogens (tertiary/aromatic N) is 1. The Bertz CT molecular complexity index is 784. The number of carbonyl (C=O) groups is 2. The number of amides is 3. The summed E-state index contributed by atoms with van der Waals surface area (Å²) in [5.74, 6) is -0.566. The van der Waals surface area contributed by atoms with E-state index in [9.17, 15) is 14.0 Å². The van der Waals surface area contributed by atoms with Gasteiger partial charge >= 0.3 is 6.03 Å². The summed E-state index contributed by atoms with van der Waals surface area (Å²) in [6.45, 7) is 0.297. The maximum Gasteiger partial charge on any atom is 0.319 e. The molecule has 0 spiro atoms. The number of rotatable bonds is 3. The molecule has 1 unspecified atom stereocenters. The van der Waals surface area contributed by atoms with E-state index in [1.807, 2.05) is 0 Å². The molecule has 7 heteroatoms. The van der Waals surface area contributed by atoms with Gasteiger partial charge in [-0.3, -0.25) is 4.79 Å². The van der Waals surface area contributed by atoms with Crippen LogP contribution in [-0.2, 0) is 4.79 Å². The van der Waals surface area contributed by atoms with Gasteiger partial charge in [0, 0.05) is 29.4 Å². The summed E-state index contributed by atoms with van der Waals surface area (Å²) < 4.78 is 13.3. The molecular weight excluding hydrogens is 333 g/mol. The van der Waals surface area contributed by atoms with Crippen LogP contribution in [0, 0.1) is 5.82 Å². The molecule has 0 saturated carbocycles. The lowest BCUT2D eigenvalue weighted by atomic mass is 10.2. The average molecular weight is 348 g/mol. The summed E-state index contributed by atoms with van der Waals surface area (Å²) in [7, 11) is 0. The topological polar surface area (TPSA) is 61.4 Å². The van der Waals surface area contributed by atoms with Crippen LogP contribution in [0.1, 0.15) is 6.42 Å². The summed E-state index contributed by atoms with van der Waals surface area (Å²) in [5.41, 5.74) is 1.05. The fourth-order valence-electron chi connectivity index (χ4n) is 2.62. The van der Waals surface area contributed by atoms with Crippen LogP contribution in [0.2, 0.25) is 5.02 Å². The molecule has 1 aliphatic rings. The predicted molar refractivity (Wildman–Crippen MR) is 90.8 cm³/mol. The zero-order valence-corrected chi connectivity index (χ0v) is 13.4. The normalized spacial score (nSPS) is 17.0. The molecule has 0 radical (unpaired) electrons. The van der Waals surface area contributed by atoms with Crippen molar-refractivity contribution in [2.45, 2.75) is 12.5 Å². The number of urea groups is 1. The van der Waals surface area contributed by atoms with E-state index in [0.29, 0.717) is 22.9 Å². The lowest BCUT2D eigenvalue weighted by Gasteiger charge is -2.17. The fourth-order valence-corrected chi connectivity index (χ4v) is 2.81. The Morgan fingerprint density at radius 1 is 1.21 bits per heavy atom. The van der Waals surface area contributed by atoms with Crippen molar-refractivity contribution in [1.82, 2.24) is 5.32 Å². The first-order valence-electron chi connectivity index (χ1n) is 7.40. The van der Waals surface area contributed by atoms with Crippen molar-refractivity contribution < 1.29 is 14.0 Å². The van der Waals surface area contributed by atoms with E-state index in [1.165, 1.54) is 17.0 Å². The molecule has 1 heterocycles.